The summed E-state index contributed by atoms with van der Waals surface area (Å²) in [6.45, 7) is 0.740. The monoisotopic (exact) mass is 571 g/mol. The van der Waals surface area contributed by atoms with Crippen LogP contribution in [0.5, 0.6) is 0 Å². The molecule has 3 amide bonds. The molecule has 1 heterocycles. The standard InChI is InChI=1S/C20H19Br2N3O7/c1-8(20(29)32-7-13(26)23-9-3-2-4-10(5-9)25(30)31)24-18(27)14-11-6-12(15(14)19(24)28)17(22)16(11)21/h2-5,8,11-12,14-17H,6-7H2,1H3,(H,23,26)/t8-,11-,12-,14-,15-,16+,17+/m1/s1. The first-order chi connectivity index (χ1) is 15.1. The van der Waals surface area contributed by atoms with Crippen molar-refractivity contribution in [3.8, 4) is 0 Å². The second kappa shape index (κ2) is 8.54. The fourth-order valence-electron chi connectivity index (χ4n) is 5.01. The maximum atomic E-state index is 13.0. The summed E-state index contributed by atoms with van der Waals surface area (Å²) in [5.74, 6) is -3.16. The number of hydrogen-bond acceptors (Lipinski definition) is 7. The molecule has 3 fully saturated rings. The maximum absolute atomic E-state index is 13.0. The summed E-state index contributed by atoms with van der Waals surface area (Å²) in [5, 5.41) is 13.2. The Morgan fingerprint density at radius 3 is 2.38 bits per heavy atom. The van der Waals surface area contributed by atoms with Crippen molar-refractivity contribution in [3.05, 3.63) is 34.4 Å². The molecule has 1 aromatic carbocycles. The van der Waals surface area contributed by atoms with Crippen molar-refractivity contribution >= 4 is 66.9 Å². The highest BCUT2D eigenvalue weighted by Crippen LogP contribution is 2.60. The number of carbonyl (C=O) groups excluding carboxylic acids is 4. The predicted molar refractivity (Wildman–Crippen MR) is 118 cm³/mol. The van der Waals surface area contributed by atoms with E-state index in [1.165, 1.54) is 31.2 Å². The molecule has 12 heteroatoms. The van der Waals surface area contributed by atoms with Crippen molar-refractivity contribution < 1.29 is 28.8 Å². The Kier molecular flexibility index (Phi) is 6.10. The van der Waals surface area contributed by atoms with Crippen LogP contribution in [0.3, 0.4) is 0 Å². The Labute approximate surface area is 199 Å². The van der Waals surface area contributed by atoms with Gasteiger partial charge in [0.1, 0.15) is 6.04 Å². The molecule has 1 saturated heterocycles. The number of non-ortho nitro benzene ring substituents is 1. The molecule has 7 atom stereocenters. The van der Waals surface area contributed by atoms with Gasteiger partial charge in [0.15, 0.2) is 6.61 Å². The summed E-state index contributed by atoms with van der Waals surface area (Å²) in [7, 11) is 0. The summed E-state index contributed by atoms with van der Waals surface area (Å²) in [6, 6.07) is 4.15. The normalized spacial score (nSPS) is 31.4. The summed E-state index contributed by atoms with van der Waals surface area (Å²) < 4.78 is 5.01. The van der Waals surface area contributed by atoms with Crippen molar-refractivity contribution in [2.24, 2.45) is 23.7 Å². The Balaban J connectivity index is 1.36. The lowest BCUT2D eigenvalue weighted by molar-refractivity contribution is -0.384. The molecular formula is C20H19Br2N3O7. The van der Waals surface area contributed by atoms with Crippen LogP contribution in [0, 0.1) is 33.8 Å². The Hall–Kier alpha value is -2.34. The number of anilines is 1. The number of nitrogens with zero attached hydrogens (tertiary/aromatic N) is 2. The minimum atomic E-state index is -1.16. The van der Waals surface area contributed by atoms with Crippen LogP contribution >= 0.6 is 31.9 Å². The first-order valence-electron chi connectivity index (χ1n) is 9.97. The number of amides is 3. The topological polar surface area (TPSA) is 136 Å². The molecule has 1 aliphatic heterocycles. The molecule has 0 aromatic heterocycles. The number of nitro groups is 1. The number of likely N-dealkylation sites (tertiary alicyclic amines) is 1. The Bertz CT molecular complexity index is 987. The Morgan fingerprint density at radius 1 is 1.22 bits per heavy atom. The highest BCUT2D eigenvalue weighted by atomic mass is 79.9. The molecule has 170 valence electrons. The number of benzene rings is 1. The van der Waals surface area contributed by atoms with Crippen molar-refractivity contribution in [3.63, 3.8) is 0 Å². The zero-order valence-electron chi connectivity index (χ0n) is 16.8. The summed E-state index contributed by atoms with van der Waals surface area (Å²) in [5.41, 5.74) is -0.0226. The van der Waals surface area contributed by atoms with Crippen LogP contribution in [0.4, 0.5) is 11.4 Å². The number of nitrogens with one attached hydrogen (secondary N) is 1. The molecule has 2 saturated carbocycles. The van der Waals surface area contributed by atoms with Crippen LogP contribution in [0.1, 0.15) is 13.3 Å². The summed E-state index contributed by atoms with van der Waals surface area (Å²) in [4.78, 5) is 61.9. The Morgan fingerprint density at radius 2 is 1.81 bits per heavy atom. The quantitative estimate of drug-likeness (QED) is 0.181. The lowest BCUT2D eigenvalue weighted by Gasteiger charge is -2.28. The number of esters is 1. The third kappa shape index (κ3) is 3.72. The number of fused-ring (bicyclic) bond motifs is 5. The molecule has 0 radical (unpaired) electrons. The van der Waals surface area contributed by atoms with Crippen molar-refractivity contribution in [1.82, 2.24) is 4.90 Å². The minimum absolute atomic E-state index is 0.0275. The molecule has 1 N–H and O–H groups in total. The fourth-order valence-corrected chi connectivity index (χ4v) is 6.88. The number of halogens is 2. The number of hydrogen-bond donors (Lipinski definition) is 1. The van der Waals surface area contributed by atoms with Crippen LogP contribution < -0.4 is 5.32 Å². The molecule has 32 heavy (non-hydrogen) atoms. The van der Waals surface area contributed by atoms with Crippen LogP contribution in [0.2, 0.25) is 0 Å². The third-order valence-electron chi connectivity index (χ3n) is 6.44. The average molecular weight is 573 g/mol. The largest absolute Gasteiger partial charge is 0.454 e. The summed E-state index contributed by atoms with van der Waals surface area (Å²) >= 11 is 7.22. The van der Waals surface area contributed by atoms with E-state index < -0.39 is 41.3 Å². The van der Waals surface area contributed by atoms with Crippen molar-refractivity contribution in [2.45, 2.75) is 29.0 Å². The zero-order chi connectivity index (χ0) is 23.3. The minimum Gasteiger partial charge on any atom is -0.454 e. The smallest absolute Gasteiger partial charge is 0.329 e. The third-order valence-corrected chi connectivity index (χ3v) is 9.64. The lowest BCUT2D eigenvalue weighted by Crippen LogP contribution is -2.45. The molecule has 1 aromatic rings. The van der Waals surface area contributed by atoms with Gasteiger partial charge in [-0.15, -0.1) is 0 Å². The molecule has 2 bridgehead atoms. The van der Waals surface area contributed by atoms with E-state index in [1.54, 1.807) is 0 Å². The van der Waals surface area contributed by atoms with Crippen LogP contribution in [-0.2, 0) is 23.9 Å². The highest BCUT2D eigenvalue weighted by molar-refractivity contribution is 9.12. The van der Waals surface area contributed by atoms with Gasteiger partial charge in [-0.25, -0.2) is 4.79 Å². The second-order valence-corrected chi connectivity index (χ2v) is 10.3. The van der Waals surface area contributed by atoms with Gasteiger partial charge >= 0.3 is 5.97 Å². The van der Waals surface area contributed by atoms with E-state index in [0.29, 0.717) is 0 Å². The maximum Gasteiger partial charge on any atom is 0.329 e. The van der Waals surface area contributed by atoms with Gasteiger partial charge in [0.2, 0.25) is 11.8 Å². The van der Waals surface area contributed by atoms with E-state index in [2.05, 4.69) is 37.2 Å². The number of imide groups is 1. The van der Waals surface area contributed by atoms with Gasteiger partial charge in [0, 0.05) is 27.5 Å². The lowest BCUT2D eigenvalue weighted by atomic mass is 9.81. The van der Waals surface area contributed by atoms with Gasteiger partial charge in [-0.05, 0) is 31.2 Å². The number of ether oxygens (including phenoxy) is 1. The number of alkyl halides is 2. The van der Waals surface area contributed by atoms with E-state index in [4.69, 9.17) is 4.74 Å². The molecule has 0 unspecified atom stereocenters. The van der Waals surface area contributed by atoms with Crippen molar-refractivity contribution in [1.29, 1.82) is 0 Å². The van der Waals surface area contributed by atoms with E-state index in [0.717, 1.165) is 11.3 Å². The second-order valence-electron chi connectivity index (χ2n) is 8.19. The van der Waals surface area contributed by atoms with Crippen molar-refractivity contribution in [2.75, 3.05) is 11.9 Å². The molecule has 2 aliphatic carbocycles. The first kappa shape index (κ1) is 22.8. The van der Waals surface area contributed by atoms with Gasteiger partial charge in [0.05, 0.1) is 16.8 Å². The predicted octanol–water partition coefficient (Wildman–Crippen LogP) is 2.24. The van der Waals surface area contributed by atoms with Gasteiger partial charge in [-0.3, -0.25) is 29.4 Å². The van der Waals surface area contributed by atoms with E-state index in [-0.39, 0.29) is 44.7 Å². The van der Waals surface area contributed by atoms with Gasteiger partial charge in [-0.1, -0.05) is 37.9 Å². The van der Waals surface area contributed by atoms with Crippen LogP contribution in [0.15, 0.2) is 24.3 Å². The van der Waals surface area contributed by atoms with Gasteiger partial charge in [-0.2, -0.15) is 0 Å². The molecule has 10 nitrogen and oxygen atoms in total. The molecule has 4 rings (SSSR count). The highest BCUT2D eigenvalue weighted by Gasteiger charge is 2.67. The fraction of sp³-hybridized carbons (Fsp3) is 0.500. The average Bonchev–Trinajstić information content (AvgIpc) is 3.36. The number of carbonyl (C=O) groups is 4. The van der Waals surface area contributed by atoms with E-state index >= 15 is 0 Å². The molecular weight excluding hydrogens is 554 g/mol. The molecule has 0 spiro atoms. The summed E-state index contributed by atoms with van der Waals surface area (Å²) in [6.07, 6.45) is 0.781. The molecule has 3 aliphatic rings. The van der Waals surface area contributed by atoms with Gasteiger partial charge < -0.3 is 10.1 Å². The van der Waals surface area contributed by atoms with Gasteiger partial charge in [0.25, 0.3) is 11.6 Å². The first-order valence-corrected chi connectivity index (χ1v) is 11.8. The SMILES string of the molecule is C[C@H](C(=O)OCC(=O)Nc1cccc([N+](=O)[O-])c1)N1C(=O)[C@@H]2[C@H]3C[C@@H]([C@H](Br)[C@H]3Br)[C@H]2C1=O. The number of nitro benzene ring substituents is 1. The van der Waals surface area contributed by atoms with Crippen LogP contribution in [-0.4, -0.2) is 55.8 Å². The van der Waals surface area contributed by atoms with E-state index in [1.807, 2.05) is 0 Å². The van der Waals surface area contributed by atoms with Crippen LogP contribution in [0.25, 0.3) is 0 Å². The van der Waals surface area contributed by atoms with E-state index in [9.17, 15) is 29.3 Å². The number of rotatable bonds is 6. The zero-order valence-corrected chi connectivity index (χ0v) is 19.9.